The molecule has 2 heterocycles. The molecular formula is C23H32N4O3. The summed E-state index contributed by atoms with van der Waals surface area (Å²) in [5, 5.41) is 5.86. The van der Waals surface area contributed by atoms with Crippen molar-refractivity contribution in [1.29, 1.82) is 0 Å². The number of hydrogen-bond donors (Lipinski definition) is 2. The van der Waals surface area contributed by atoms with Gasteiger partial charge in [-0.15, -0.1) is 0 Å². The van der Waals surface area contributed by atoms with Crippen LogP contribution in [0.15, 0.2) is 42.6 Å². The molecule has 0 bridgehead atoms. The predicted octanol–water partition coefficient (Wildman–Crippen LogP) is 3.80. The van der Waals surface area contributed by atoms with Crippen molar-refractivity contribution in [2.75, 3.05) is 26.7 Å². The van der Waals surface area contributed by atoms with Crippen LogP contribution in [0.3, 0.4) is 0 Å². The van der Waals surface area contributed by atoms with Crippen LogP contribution in [0.25, 0.3) is 0 Å². The molecule has 7 heteroatoms. The molecule has 0 spiro atoms. The topological polar surface area (TPSA) is 75.7 Å². The van der Waals surface area contributed by atoms with E-state index in [1.165, 1.54) is 12.8 Å². The fourth-order valence-electron chi connectivity index (χ4n) is 3.60. The van der Waals surface area contributed by atoms with Crippen molar-refractivity contribution in [3.05, 3.63) is 48.2 Å². The number of amides is 2. The van der Waals surface area contributed by atoms with Gasteiger partial charge in [0.25, 0.3) is 0 Å². The van der Waals surface area contributed by atoms with Gasteiger partial charge in [0.2, 0.25) is 5.88 Å². The summed E-state index contributed by atoms with van der Waals surface area (Å²) < 4.78 is 10.9. The van der Waals surface area contributed by atoms with Gasteiger partial charge in [-0.3, -0.25) is 4.90 Å². The van der Waals surface area contributed by atoms with E-state index in [4.69, 9.17) is 9.47 Å². The minimum Gasteiger partial charge on any atom is -0.497 e. The van der Waals surface area contributed by atoms with Gasteiger partial charge < -0.3 is 20.1 Å². The normalized spacial score (nSPS) is 17.8. The Morgan fingerprint density at radius 1 is 1.27 bits per heavy atom. The molecule has 2 aromatic rings. The summed E-state index contributed by atoms with van der Waals surface area (Å²) in [5.41, 5.74) is 0.904. The van der Waals surface area contributed by atoms with E-state index in [1.54, 1.807) is 25.4 Å². The first-order valence-electron chi connectivity index (χ1n) is 10.6. The molecule has 30 heavy (non-hydrogen) atoms. The highest BCUT2D eigenvalue weighted by Crippen LogP contribution is 2.23. The van der Waals surface area contributed by atoms with Gasteiger partial charge >= 0.3 is 6.03 Å². The molecule has 2 unspecified atom stereocenters. The Morgan fingerprint density at radius 2 is 2.10 bits per heavy atom. The molecule has 0 saturated carbocycles. The van der Waals surface area contributed by atoms with E-state index >= 15 is 0 Å². The minimum atomic E-state index is -0.163. The molecule has 1 aliphatic rings. The minimum absolute atomic E-state index is 0.163. The van der Waals surface area contributed by atoms with Crippen molar-refractivity contribution in [3.8, 4) is 17.4 Å². The van der Waals surface area contributed by atoms with Crippen LogP contribution in [0.2, 0.25) is 0 Å². The van der Waals surface area contributed by atoms with Crippen LogP contribution in [0.4, 0.5) is 4.79 Å². The predicted molar refractivity (Wildman–Crippen MR) is 117 cm³/mol. The van der Waals surface area contributed by atoms with Gasteiger partial charge in [-0.05, 0) is 49.9 Å². The van der Waals surface area contributed by atoms with E-state index in [-0.39, 0.29) is 6.03 Å². The Hall–Kier alpha value is -2.80. The second-order valence-electron chi connectivity index (χ2n) is 7.94. The first-order valence-corrected chi connectivity index (χ1v) is 10.6. The number of methoxy groups -OCH3 is 1. The number of ether oxygens (including phenoxy) is 2. The molecule has 1 aliphatic heterocycles. The monoisotopic (exact) mass is 412 g/mol. The fraction of sp³-hybridized carbons (Fsp3) is 0.478. The first kappa shape index (κ1) is 21.9. The summed E-state index contributed by atoms with van der Waals surface area (Å²) >= 11 is 0. The molecule has 2 N–H and O–H groups in total. The number of pyridine rings is 1. The maximum absolute atomic E-state index is 12.1. The lowest BCUT2D eigenvalue weighted by atomic mass is 9.99. The quantitative estimate of drug-likeness (QED) is 0.690. The molecule has 1 aromatic heterocycles. The van der Waals surface area contributed by atoms with Crippen molar-refractivity contribution >= 4 is 6.03 Å². The summed E-state index contributed by atoms with van der Waals surface area (Å²) in [6.45, 7) is 7.74. The number of rotatable bonds is 8. The molecule has 1 aromatic carbocycles. The highest BCUT2D eigenvalue weighted by molar-refractivity contribution is 5.73. The molecule has 162 valence electrons. The van der Waals surface area contributed by atoms with Gasteiger partial charge in [0.15, 0.2) is 0 Å². The van der Waals surface area contributed by atoms with E-state index < -0.39 is 0 Å². The Labute approximate surface area is 178 Å². The number of hydrogen-bond acceptors (Lipinski definition) is 5. The largest absolute Gasteiger partial charge is 0.497 e. The summed E-state index contributed by atoms with van der Waals surface area (Å²) in [5.74, 6) is 2.60. The number of urea groups is 1. The fourth-order valence-corrected chi connectivity index (χ4v) is 3.60. The van der Waals surface area contributed by atoms with Crippen molar-refractivity contribution in [1.82, 2.24) is 20.5 Å². The third-order valence-electron chi connectivity index (χ3n) is 5.38. The molecule has 2 atom stereocenters. The molecule has 1 saturated heterocycles. The zero-order valence-corrected chi connectivity index (χ0v) is 18.1. The van der Waals surface area contributed by atoms with E-state index in [1.807, 2.05) is 24.3 Å². The molecule has 2 amide bonds. The Balaban J connectivity index is 1.40. The number of carbonyl (C=O) groups excluding carboxylic acids is 1. The van der Waals surface area contributed by atoms with Crippen molar-refractivity contribution in [3.63, 3.8) is 0 Å². The molecule has 3 rings (SSSR count). The average Bonchev–Trinajstić information content (AvgIpc) is 2.77. The van der Waals surface area contributed by atoms with Gasteiger partial charge in [0.1, 0.15) is 11.5 Å². The summed E-state index contributed by atoms with van der Waals surface area (Å²) in [6.07, 6.45) is 4.24. The molecular weight excluding hydrogens is 380 g/mol. The Morgan fingerprint density at radius 3 is 2.83 bits per heavy atom. The van der Waals surface area contributed by atoms with Gasteiger partial charge in [0.05, 0.1) is 7.11 Å². The lowest BCUT2D eigenvalue weighted by molar-refractivity contribution is 0.137. The van der Waals surface area contributed by atoms with E-state index in [9.17, 15) is 4.79 Å². The van der Waals surface area contributed by atoms with Gasteiger partial charge in [-0.1, -0.05) is 19.1 Å². The van der Waals surface area contributed by atoms with Crippen LogP contribution in [0.1, 0.15) is 32.3 Å². The maximum Gasteiger partial charge on any atom is 0.315 e. The summed E-state index contributed by atoms with van der Waals surface area (Å²) in [7, 11) is 1.62. The van der Waals surface area contributed by atoms with E-state index in [0.29, 0.717) is 30.8 Å². The standard InChI is InChI=1S/C23H32N4O3/c1-17-6-5-11-27(16-17)18(2)13-25-23(28)26-15-19-9-10-22(24-14-19)30-21-8-4-7-20(12-21)29-3/h4,7-10,12,14,17-18H,5-6,11,13,15-16H2,1-3H3,(H2,25,26,28). The van der Waals surface area contributed by atoms with E-state index in [2.05, 4.69) is 34.4 Å². The highest BCUT2D eigenvalue weighted by Gasteiger charge is 2.21. The van der Waals surface area contributed by atoms with Crippen molar-refractivity contribution in [2.24, 2.45) is 5.92 Å². The SMILES string of the molecule is COc1cccc(Oc2ccc(CNC(=O)NCC(C)N3CCCC(C)C3)cn2)c1. The smallest absolute Gasteiger partial charge is 0.315 e. The Bertz CT molecular complexity index is 812. The zero-order chi connectivity index (χ0) is 21.3. The van der Waals surface area contributed by atoms with Gasteiger partial charge in [0, 0.05) is 44.0 Å². The third kappa shape index (κ3) is 6.62. The van der Waals surface area contributed by atoms with Crippen LogP contribution in [-0.4, -0.2) is 48.7 Å². The van der Waals surface area contributed by atoms with Crippen LogP contribution in [0, 0.1) is 5.92 Å². The van der Waals surface area contributed by atoms with Crippen LogP contribution in [0.5, 0.6) is 17.4 Å². The summed E-state index contributed by atoms with van der Waals surface area (Å²) in [6, 6.07) is 11.2. The first-order chi connectivity index (χ1) is 14.5. The number of nitrogens with zero attached hydrogens (tertiary/aromatic N) is 2. The Kier molecular flexibility index (Phi) is 7.90. The van der Waals surface area contributed by atoms with Crippen molar-refractivity contribution < 1.29 is 14.3 Å². The van der Waals surface area contributed by atoms with E-state index in [0.717, 1.165) is 30.3 Å². The summed E-state index contributed by atoms with van der Waals surface area (Å²) in [4.78, 5) is 18.9. The molecule has 0 aliphatic carbocycles. The molecule has 1 fully saturated rings. The second kappa shape index (κ2) is 10.8. The third-order valence-corrected chi connectivity index (χ3v) is 5.38. The van der Waals surface area contributed by atoms with Crippen LogP contribution in [-0.2, 0) is 6.54 Å². The number of nitrogens with one attached hydrogen (secondary N) is 2. The number of piperidine rings is 1. The zero-order valence-electron chi connectivity index (χ0n) is 18.1. The average molecular weight is 413 g/mol. The lowest BCUT2D eigenvalue weighted by Crippen LogP contribution is -2.48. The lowest BCUT2D eigenvalue weighted by Gasteiger charge is -2.35. The number of benzene rings is 1. The number of likely N-dealkylation sites (tertiary alicyclic amines) is 1. The maximum atomic E-state index is 12.1. The van der Waals surface area contributed by atoms with Gasteiger partial charge in [-0.2, -0.15) is 0 Å². The number of carbonyl (C=O) groups is 1. The molecule has 7 nitrogen and oxygen atoms in total. The van der Waals surface area contributed by atoms with Crippen LogP contribution >= 0.6 is 0 Å². The molecule has 0 radical (unpaired) electrons. The number of aromatic nitrogens is 1. The van der Waals surface area contributed by atoms with Gasteiger partial charge in [-0.25, -0.2) is 9.78 Å². The van der Waals surface area contributed by atoms with Crippen molar-refractivity contribution in [2.45, 2.75) is 39.3 Å². The highest BCUT2D eigenvalue weighted by atomic mass is 16.5. The second-order valence-corrected chi connectivity index (χ2v) is 7.94. The van der Waals surface area contributed by atoms with Crippen LogP contribution < -0.4 is 20.1 Å².